The molecule has 9 nitrogen and oxygen atoms in total. The summed E-state index contributed by atoms with van der Waals surface area (Å²) in [7, 11) is 3.07. The van der Waals surface area contributed by atoms with E-state index in [-0.39, 0.29) is 17.7 Å². The lowest BCUT2D eigenvalue weighted by atomic mass is 10.2. The average Bonchev–Trinajstić information content (AvgIpc) is 3.10. The van der Waals surface area contributed by atoms with Gasteiger partial charge in [-0.2, -0.15) is 0 Å². The number of nitrogens with one attached hydrogen (secondary N) is 1. The Hall–Kier alpha value is -3.23. The minimum absolute atomic E-state index is 0.0445. The Bertz CT molecular complexity index is 770. The molecule has 9 heteroatoms. The fourth-order valence-electron chi connectivity index (χ4n) is 2.00. The number of aromatic nitrogens is 2. The molecule has 0 bridgehead atoms. The zero-order valence-electron chi connectivity index (χ0n) is 13.1. The van der Waals surface area contributed by atoms with Crippen molar-refractivity contribution in [2.24, 2.45) is 0 Å². The molecule has 2 heterocycles. The average molecular weight is 333 g/mol. The first-order valence-electron chi connectivity index (χ1n) is 7.03. The van der Waals surface area contributed by atoms with Crippen LogP contribution in [0.1, 0.15) is 0 Å². The molecule has 1 amide bonds. The Labute approximate surface area is 137 Å². The van der Waals surface area contributed by atoms with Crippen LogP contribution in [0.2, 0.25) is 0 Å². The molecule has 0 atom stereocenters. The number of hydrogen-bond acceptors (Lipinski definition) is 8. The minimum atomic E-state index is -0.536. The topological polar surface area (TPSA) is 105 Å². The highest BCUT2D eigenvalue weighted by molar-refractivity contribution is 6.00. The third-order valence-electron chi connectivity index (χ3n) is 3.16. The fourth-order valence-corrected chi connectivity index (χ4v) is 2.00. The number of methoxy groups -OCH3 is 2. The lowest BCUT2D eigenvalue weighted by molar-refractivity contribution is -0.117. The summed E-state index contributed by atoms with van der Waals surface area (Å²) in [5, 5.41) is 10.1. The van der Waals surface area contributed by atoms with Crippen LogP contribution >= 0.6 is 0 Å². The molecule has 0 aliphatic carbocycles. The van der Waals surface area contributed by atoms with Gasteiger partial charge in [-0.1, -0.05) is 5.10 Å². The molecule has 0 radical (unpaired) electrons. The van der Waals surface area contributed by atoms with Gasteiger partial charge < -0.3 is 23.4 Å². The quantitative estimate of drug-likeness (QED) is 0.879. The Morgan fingerprint density at radius 1 is 1.21 bits per heavy atom. The second-order valence-electron chi connectivity index (χ2n) is 4.63. The van der Waals surface area contributed by atoms with Crippen molar-refractivity contribution in [3.63, 3.8) is 0 Å². The maximum Gasteiger partial charge on any atom is 0.322 e. The highest BCUT2D eigenvalue weighted by Gasteiger charge is 2.19. The third kappa shape index (κ3) is 3.24. The molecular weight excluding hydrogens is 318 g/mol. The van der Waals surface area contributed by atoms with Gasteiger partial charge >= 0.3 is 6.01 Å². The zero-order chi connectivity index (χ0) is 16.9. The van der Waals surface area contributed by atoms with Gasteiger partial charge in [-0.05, 0) is 12.1 Å². The number of nitrogens with zero attached hydrogens (tertiary/aromatic N) is 2. The summed E-state index contributed by atoms with van der Waals surface area (Å²) < 4.78 is 26.1. The van der Waals surface area contributed by atoms with E-state index in [9.17, 15) is 4.79 Å². The molecule has 0 unspecified atom stereocenters. The van der Waals surface area contributed by atoms with Gasteiger partial charge in [0.25, 0.3) is 11.8 Å². The van der Waals surface area contributed by atoms with E-state index in [4.69, 9.17) is 23.4 Å². The van der Waals surface area contributed by atoms with Gasteiger partial charge in [0.15, 0.2) is 0 Å². The highest BCUT2D eigenvalue weighted by atomic mass is 16.6. The third-order valence-corrected chi connectivity index (χ3v) is 3.16. The van der Waals surface area contributed by atoms with Crippen molar-refractivity contribution >= 4 is 11.9 Å². The van der Waals surface area contributed by atoms with E-state index in [2.05, 4.69) is 15.5 Å². The molecule has 1 aromatic heterocycles. The second-order valence-corrected chi connectivity index (χ2v) is 4.63. The Morgan fingerprint density at radius 2 is 2.08 bits per heavy atom. The molecule has 24 heavy (non-hydrogen) atoms. The van der Waals surface area contributed by atoms with Gasteiger partial charge in [0.2, 0.25) is 5.76 Å². The van der Waals surface area contributed by atoms with Crippen molar-refractivity contribution in [1.82, 2.24) is 10.2 Å². The van der Waals surface area contributed by atoms with Gasteiger partial charge in [-0.15, -0.1) is 5.10 Å². The number of rotatable bonds is 5. The summed E-state index contributed by atoms with van der Waals surface area (Å²) in [6.45, 7) is 0.704. The number of anilines is 1. The maximum atomic E-state index is 12.0. The smallest absolute Gasteiger partial charge is 0.322 e. The van der Waals surface area contributed by atoms with Crippen LogP contribution in [0.15, 0.2) is 34.6 Å². The van der Waals surface area contributed by atoms with Crippen molar-refractivity contribution in [2.75, 3.05) is 32.8 Å². The number of carbonyl (C=O) groups is 1. The summed E-state index contributed by atoms with van der Waals surface area (Å²) in [6, 6.07) is 5.08. The summed E-state index contributed by atoms with van der Waals surface area (Å²) in [5.41, 5.74) is 0.572. The van der Waals surface area contributed by atoms with E-state index >= 15 is 0 Å². The summed E-state index contributed by atoms with van der Waals surface area (Å²) in [5.74, 6) is 0.835. The van der Waals surface area contributed by atoms with Crippen LogP contribution in [-0.4, -0.2) is 43.5 Å². The van der Waals surface area contributed by atoms with Gasteiger partial charge in [0, 0.05) is 6.07 Å². The van der Waals surface area contributed by atoms with Gasteiger partial charge in [-0.3, -0.25) is 10.1 Å². The first-order chi connectivity index (χ1) is 11.7. The molecule has 1 aromatic carbocycles. The van der Waals surface area contributed by atoms with Crippen LogP contribution in [0.4, 0.5) is 6.01 Å². The first kappa shape index (κ1) is 15.7. The van der Waals surface area contributed by atoms with Crippen LogP contribution < -0.4 is 14.8 Å². The van der Waals surface area contributed by atoms with E-state index in [1.54, 1.807) is 25.3 Å². The van der Waals surface area contributed by atoms with Crippen LogP contribution in [0.5, 0.6) is 11.5 Å². The van der Waals surface area contributed by atoms with Gasteiger partial charge in [0.1, 0.15) is 31.0 Å². The van der Waals surface area contributed by atoms with Crippen LogP contribution in [0.3, 0.4) is 0 Å². The molecule has 1 aliphatic heterocycles. The molecule has 0 saturated heterocycles. The number of amides is 1. The van der Waals surface area contributed by atoms with E-state index in [1.165, 1.54) is 13.4 Å². The molecule has 0 fully saturated rings. The van der Waals surface area contributed by atoms with E-state index in [1.807, 2.05) is 0 Å². The lowest BCUT2D eigenvalue weighted by Gasteiger charge is -2.13. The SMILES string of the molecule is COc1ccc(-c2nnc(NC(=O)C3=COCCO3)o2)c(OC)c1. The molecule has 2 aromatic rings. The van der Waals surface area contributed by atoms with Crippen molar-refractivity contribution in [3.8, 4) is 23.0 Å². The number of carbonyl (C=O) groups excluding carboxylic acids is 1. The maximum absolute atomic E-state index is 12.0. The lowest BCUT2D eigenvalue weighted by Crippen LogP contribution is -2.21. The van der Waals surface area contributed by atoms with Crippen molar-refractivity contribution in [3.05, 3.63) is 30.2 Å². The summed E-state index contributed by atoms with van der Waals surface area (Å²) in [4.78, 5) is 12.0. The molecule has 0 saturated carbocycles. The van der Waals surface area contributed by atoms with Crippen molar-refractivity contribution in [1.29, 1.82) is 0 Å². The summed E-state index contributed by atoms with van der Waals surface area (Å²) >= 11 is 0. The number of ether oxygens (including phenoxy) is 4. The number of benzene rings is 1. The van der Waals surface area contributed by atoms with Gasteiger partial charge in [-0.25, -0.2) is 0 Å². The standard InChI is InChI=1S/C15H15N3O6/c1-20-9-3-4-10(11(7-9)21-2)14-17-18-15(24-14)16-13(19)12-8-22-5-6-23-12/h3-4,7-8H,5-6H2,1-2H3,(H,16,18,19). The fraction of sp³-hybridized carbons (Fsp3) is 0.267. The Kier molecular flexibility index (Phi) is 4.50. The van der Waals surface area contributed by atoms with Crippen LogP contribution in [-0.2, 0) is 14.3 Å². The van der Waals surface area contributed by atoms with E-state index < -0.39 is 5.91 Å². The first-order valence-corrected chi connectivity index (χ1v) is 7.03. The Morgan fingerprint density at radius 3 is 2.79 bits per heavy atom. The molecule has 0 spiro atoms. The monoisotopic (exact) mass is 333 g/mol. The van der Waals surface area contributed by atoms with E-state index in [0.717, 1.165) is 0 Å². The van der Waals surface area contributed by atoms with Crippen LogP contribution in [0, 0.1) is 0 Å². The van der Waals surface area contributed by atoms with Crippen molar-refractivity contribution in [2.45, 2.75) is 0 Å². The molecular formula is C15H15N3O6. The Balaban J connectivity index is 1.78. The summed E-state index contributed by atoms with van der Waals surface area (Å²) in [6.07, 6.45) is 1.24. The van der Waals surface area contributed by atoms with Crippen LogP contribution in [0.25, 0.3) is 11.5 Å². The predicted molar refractivity (Wildman–Crippen MR) is 81.5 cm³/mol. The highest BCUT2D eigenvalue weighted by Crippen LogP contribution is 2.33. The largest absolute Gasteiger partial charge is 0.497 e. The zero-order valence-corrected chi connectivity index (χ0v) is 13.1. The molecule has 1 aliphatic rings. The number of hydrogen-bond donors (Lipinski definition) is 1. The van der Waals surface area contributed by atoms with Gasteiger partial charge in [0.05, 0.1) is 19.8 Å². The minimum Gasteiger partial charge on any atom is -0.497 e. The van der Waals surface area contributed by atoms with Crippen molar-refractivity contribution < 1.29 is 28.2 Å². The second kappa shape index (κ2) is 6.90. The predicted octanol–water partition coefficient (Wildman–Crippen LogP) is 1.58. The molecule has 1 N–H and O–H groups in total. The molecule has 126 valence electrons. The van der Waals surface area contributed by atoms with E-state index in [0.29, 0.717) is 30.3 Å². The molecule has 3 rings (SSSR count). The normalized spacial score (nSPS) is 13.3.